The van der Waals surface area contributed by atoms with Crippen molar-refractivity contribution in [2.45, 2.75) is 45.1 Å². The highest BCUT2D eigenvalue weighted by atomic mass is 19.1. The number of hydrogen-bond donors (Lipinski definition) is 1. The minimum absolute atomic E-state index is 0.119. The van der Waals surface area contributed by atoms with Crippen LogP contribution in [0.5, 0.6) is 0 Å². The Morgan fingerprint density at radius 2 is 2.24 bits per heavy atom. The Morgan fingerprint density at radius 3 is 2.88 bits per heavy atom. The standard InChI is InChI=1S/C15H22FN/c1-2-10-17-15(13-7-8-13)9-6-12-4-3-5-14(16)11-12/h3-5,11,13,15,17H,2,6-10H2,1H3. The Labute approximate surface area is 103 Å². The first kappa shape index (κ1) is 12.6. The Bertz CT molecular complexity index is 347. The van der Waals surface area contributed by atoms with Gasteiger partial charge in [-0.1, -0.05) is 19.1 Å². The zero-order valence-electron chi connectivity index (χ0n) is 10.6. The van der Waals surface area contributed by atoms with Crippen LogP contribution in [0.2, 0.25) is 0 Å². The van der Waals surface area contributed by atoms with E-state index in [4.69, 9.17) is 0 Å². The third-order valence-electron chi connectivity index (χ3n) is 3.48. The summed E-state index contributed by atoms with van der Waals surface area (Å²) in [7, 11) is 0. The van der Waals surface area contributed by atoms with Gasteiger partial charge >= 0.3 is 0 Å². The monoisotopic (exact) mass is 235 g/mol. The molecule has 1 aromatic carbocycles. The van der Waals surface area contributed by atoms with Crippen molar-refractivity contribution in [3.63, 3.8) is 0 Å². The van der Waals surface area contributed by atoms with Crippen LogP contribution in [0.15, 0.2) is 24.3 Å². The van der Waals surface area contributed by atoms with Crippen LogP contribution >= 0.6 is 0 Å². The first-order valence-electron chi connectivity index (χ1n) is 6.77. The molecule has 0 bridgehead atoms. The molecule has 94 valence electrons. The van der Waals surface area contributed by atoms with Crippen molar-refractivity contribution in [3.05, 3.63) is 35.6 Å². The van der Waals surface area contributed by atoms with Gasteiger partial charge in [0.2, 0.25) is 0 Å². The molecule has 1 unspecified atom stereocenters. The van der Waals surface area contributed by atoms with Gasteiger partial charge in [-0.2, -0.15) is 0 Å². The number of nitrogens with one attached hydrogen (secondary N) is 1. The first-order valence-corrected chi connectivity index (χ1v) is 6.77. The van der Waals surface area contributed by atoms with Crippen LogP contribution in [0, 0.1) is 11.7 Å². The molecule has 1 N–H and O–H groups in total. The van der Waals surface area contributed by atoms with Crippen LogP contribution in [0.4, 0.5) is 4.39 Å². The van der Waals surface area contributed by atoms with Crippen molar-refractivity contribution in [3.8, 4) is 0 Å². The van der Waals surface area contributed by atoms with Crippen molar-refractivity contribution in [1.29, 1.82) is 0 Å². The maximum Gasteiger partial charge on any atom is 0.123 e. The SMILES string of the molecule is CCCNC(CCc1cccc(F)c1)C1CC1. The molecular formula is C15H22FN. The Morgan fingerprint density at radius 1 is 1.41 bits per heavy atom. The summed E-state index contributed by atoms with van der Waals surface area (Å²) in [6.07, 6.45) is 6.03. The highest BCUT2D eigenvalue weighted by Crippen LogP contribution is 2.34. The molecule has 0 spiro atoms. The molecule has 0 radical (unpaired) electrons. The van der Waals surface area contributed by atoms with Gasteiger partial charge in [-0.05, 0) is 62.3 Å². The molecular weight excluding hydrogens is 213 g/mol. The molecule has 1 fully saturated rings. The van der Waals surface area contributed by atoms with E-state index in [9.17, 15) is 4.39 Å². The predicted molar refractivity (Wildman–Crippen MR) is 69.5 cm³/mol. The van der Waals surface area contributed by atoms with E-state index in [1.165, 1.54) is 25.3 Å². The minimum Gasteiger partial charge on any atom is -0.314 e. The predicted octanol–water partition coefficient (Wildman–Crippen LogP) is 3.54. The van der Waals surface area contributed by atoms with Crippen LogP contribution in [-0.4, -0.2) is 12.6 Å². The molecule has 1 atom stereocenters. The van der Waals surface area contributed by atoms with Crippen molar-refractivity contribution in [2.75, 3.05) is 6.54 Å². The normalized spacial score (nSPS) is 17.1. The average Bonchev–Trinajstić information content (AvgIpc) is 3.13. The van der Waals surface area contributed by atoms with Crippen LogP contribution in [0.25, 0.3) is 0 Å². The van der Waals surface area contributed by atoms with Crippen molar-refractivity contribution >= 4 is 0 Å². The molecule has 0 saturated heterocycles. The molecule has 17 heavy (non-hydrogen) atoms. The van der Waals surface area contributed by atoms with Crippen LogP contribution in [0.1, 0.15) is 38.2 Å². The lowest BCUT2D eigenvalue weighted by Gasteiger charge is -2.17. The molecule has 0 heterocycles. The summed E-state index contributed by atoms with van der Waals surface area (Å²) in [5.41, 5.74) is 1.12. The number of halogens is 1. The highest BCUT2D eigenvalue weighted by Gasteiger charge is 2.30. The fourth-order valence-corrected chi connectivity index (χ4v) is 2.35. The average molecular weight is 235 g/mol. The van der Waals surface area contributed by atoms with Gasteiger partial charge in [0.25, 0.3) is 0 Å². The van der Waals surface area contributed by atoms with Crippen LogP contribution in [0.3, 0.4) is 0 Å². The Balaban J connectivity index is 1.82. The fraction of sp³-hybridized carbons (Fsp3) is 0.600. The van der Waals surface area contributed by atoms with Gasteiger partial charge in [0.05, 0.1) is 0 Å². The zero-order chi connectivity index (χ0) is 12.1. The quantitative estimate of drug-likeness (QED) is 0.762. The summed E-state index contributed by atoms with van der Waals surface area (Å²) in [6.45, 7) is 3.30. The lowest BCUT2D eigenvalue weighted by molar-refractivity contribution is 0.435. The molecule has 1 aliphatic rings. The lowest BCUT2D eigenvalue weighted by Crippen LogP contribution is -2.32. The number of hydrogen-bond acceptors (Lipinski definition) is 1. The molecule has 2 rings (SSSR count). The summed E-state index contributed by atoms with van der Waals surface area (Å²) < 4.78 is 13.0. The smallest absolute Gasteiger partial charge is 0.123 e. The first-order chi connectivity index (χ1) is 8.29. The van der Waals surface area contributed by atoms with Gasteiger partial charge in [0.1, 0.15) is 5.82 Å². The van der Waals surface area contributed by atoms with E-state index in [2.05, 4.69) is 12.2 Å². The molecule has 1 aliphatic carbocycles. The highest BCUT2D eigenvalue weighted by molar-refractivity contribution is 5.16. The zero-order valence-corrected chi connectivity index (χ0v) is 10.6. The van der Waals surface area contributed by atoms with E-state index in [1.807, 2.05) is 6.07 Å². The second-order valence-corrected chi connectivity index (χ2v) is 5.07. The molecule has 2 heteroatoms. The van der Waals surface area contributed by atoms with Gasteiger partial charge in [-0.15, -0.1) is 0 Å². The van der Waals surface area contributed by atoms with Crippen molar-refractivity contribution in [1.82, 2.24) is 5.32 Å². The second-order valence-electron chi connectivity index (χ2n) is 5.07. The summed E-state index contributed by atoms with van der Waals surface area (Å²) >= 11 is 0. The Kier molecular flexibility index (Phi) is 4.55. The maximum absolute atomic E-state index is 13.0. The molecule has 0 amide bonds. The molecule has 0 aromatic heterocycles. The van der Waals surface area contributed by atoms with Gasteiger partial charge < -0.3 is 5.32 Å². The third-order valence-corrected chi connectivity index (χ3v) is 3.48. The van der Waals surface area contributed by atoms with E-state index in [0.29, 0.717) is 6.04 Å². The van der Waals surface area contributed by atoms with Gasteiger partial charge in [0, 0.05) is 6.04 Å². The summed E-state index contributed by atoms with van der Waals surface area (Å²) in [5.74, 6) is 0.752. The van der Waals surface area contributed by atoms with Crippen LogP contribution < -0.4 is 5.32 Å². The molecule has 1 aromatic rings. The second kappa shape index (κ2) is 6.15. The van der Waals surface area contributed by atoms with E-state index >= 15 is 0 Å². The van der Waals surface area contributed by atoms with E-state index in [0.717, 1.165) is 30.9 Å². The van der Waals surface area contributed by atoms with Gasteiger partial charge in [-0.25, -0.2) is 4.39 Å². The number of aryl methyl sites for hydroxylation is 1. The van der Waals surface area contributed by atoms with Crippen molar-refractivity contribution < 1.29 is 4.39 Å². The van der Waals surface area contributed by atoms with Crippen molar-refractivity contribution in [2.24, 2.45) is 5.92 Å². The van der Waals surface area contributed by atoms with Gasteiger partial charge in [-0.3, -0.25) is 0 Å². The van der Waals surface area contributed by atoms with E-state index in [1.54, 1.807) is 12.1 Å². The van der Waals surface area contributed by atoms with Crippen LogP contribution in [-0.2, 0) is 6.42 Å². The third kappa shape index (κ3) is 4.12. The topological polar surface area (TPSA) is 12.0 Å². The lowest BCUT2D eigenvalue weighted by atomic mass is 10.0. The summed E-state index contributed by atoms with van der Waals surface area (Å²) in [5, 5.41) is 3.62. The number of rotatable bonds is 7. The summed E-state index contributed by atoms with van der Waals surface area (Å²) in [6, 6.07) is 7.63. The van der Waals surface area contributed by atoms with Gasteiger partial charge in [0.15, 0.2) is 0 Å². The minimum atomic E-state index is -0.119. The maximum atomic E-state index is 13.0. The van der Waals surface area contributed by atoms with E-state index in [-0.39, 0.29) is 5.82 Å². The molecule has 1 nitrogen and oxygen atoms in total. The fourth-order valence-electron chi connectivity index (χ4n) is 2.35. The number of benzene rings is 1. The largest absolute Gasteiger partial charge is 0.314 e. The van der Waals surface area contributed by atoms with E-state index < -0.39 is 0 Å². The molecule has 0 aliphatic heterocycles. The molecule has 1 saturated carbocycles. The summed E-state index contributed by atoms with van der Waals surface area (Å²) in [4.78, 5) is 0. The Hall–Kier alpha value is -0.890.